The van der Waals surface area contributed by atoms with Crippen molar-refractivity contribution in [1.82, 2.24) is 10.1 Å². The van der Waals surface area contributed by atoms with Gasteiger partial charge in [0.2, 0.25) is 0 Å². The molecule has 0 bridgehead atoms. The van der Waals surface area contributed by atoms with Gasteiger partial charge in [0.25, 0.3) is 5.91 Å². The van der Waals surface area contributed by atoms with E-state index < -0.39 is 0 Å². The molecule has 2 aromatic rings. The van der Waals surface area contributed by atoms with Crippen LogP contribution in [0.2, 0.25) is 0 Å². The third kappa shape index (κ3) is 4.12. The van der Waals surface area contributed by atoms with Gasteiger partial charge in [0.05, 0.1) is 5.69 Å². The molecule has 0 spiro atoms. The van der Waals surface area contributed by atoms with Crippen LogP contribution in [-0.2, 0) is 12.8 Å². The van der Waals surface area contributed by atoms with Gasteiger partial charge >= 0.3 is 0 Å². The average Bonchev–Trinajstić information content (AvgIpc) is 3.02. The Hall–Kier alpha value is -2.10. The van der Waals surface area contributed by atoms with Crippen molar-refractivity contribution in [3.8, 4) is 0 Å². The van der Waals surface area contributed by atoms with Gasteiger partial charge in [-0.05, 0) is 51.0 Å². The second-order valence-electron chi connectivity index (χ2n) is 7.18. The summed E-state index contributed by atoms with van der Waals surface area (Å²) in [6, 6.07) is 8.83. The largest absolute Gasteiger partial charge is 0.360 e. The summed E-state index contributed by atoms with van der Waals surface area (Å²) in [7, 11) is 0. The number of hydrogen-bond donors (Lipinski definition) is 0. The van der Waals surface area contributed by atoms with Crippen LogP contribution in [0.3, 0.4) is 0 Å². The van der Waals surface area contributed by atoms with Crippen LogP contribution >= 0.6 is 0 Å². The summed E-state index contributed by atoms with van der Waals surface area (Å²) in [6.07, 6.45) is 5.21. The molecule has 1 aromatic heterocycles. The number of carbonyl (C=O) groups is 1. The molecule has 4 nitrogen and oxygen atoms in total. The Labute approximate surface area is 150 Å². The molecule has 0 aliphatic carbocycles. The number of aromatic nitrogens is 1. The number of benzene rings is 1. The summed E-state index contributed by atoms with van der Waals surface area (Å²) >= 11 is 0. The van der Waals surface area contributed by atoms with Gasteiger partial charge < -0.3 is 9.42 Å². The lowest BCUT2D eigenvalue weighted by Gasteiger charge is -2.32. The summed E-state index contributed by atoms with van der Waals surface area (Å²) in [4.78, 5) is 14.8. The van der Waals surface area contributed by atoms with E-state index in [1.807, 2.05) is 18.7 Å². The molecule has 0 radical (unpaired) electrons. The number of aryl methyl sites for hydroxylation is 4. The molecule has 1 amide bonds. The molecule has 3 rings (SSSR count). The first-order chi connectivity index (χ1) is 12.1. The second-order valence-corrected chi connectivity index (χ2v) is 7.18. The number of hydrogen-bond acceptors (Lipinski definition) is 3. The van der Waals surface area contributed by atoms with Gasteiger partial charge in [-0.15, -0.1) is 0 Å². The molecule has 4 heteroatoms. The minimum atomic E-state index is 0.0904. The summed E-state index contributed by atoms with van der Waals surface area (Å²) < 4.78 is 5.28. The highest BCUT2D eigenvalue weighted by atomic mass is 16.5. The number of likely N-dealkylation sites (tertiary alicyclic amines) is 1. The first-order valence-corrected chi connectivity index (χ1v) is 9.38. The molecular weight excluding hydrogens is 312 g/mol. The summed E-state index contributed by atoms with van der Waals surface area (Å²) in [6.45, 7) is 7.65. The predicted octanol–water partition coefficient (Wildman–Crippen LogP) is 4.34. The van der Waals surface area contributed by atoms with Crippen LogP contribution in [0.5, 0.6) is 0 Å². The molecule has 0 saturated carbocycles. The van der Waals surface area contributed by atoms with Crippen molar-refractivity contribution in [3.63, 3.8) is 0 Å². The van der Waals surface area contributed by atoms with Gasteiger partial charge in [0.1, 0.15) is 11.3 Å². The fourth-order valence-corrected chi connectivity index (χ4v) is 3.64. The third-order valence-corrected chi connectivity index (χ3v) is 5.33. The van der Waals surface area contributed by atoms with Crippen molar-refractivity contribution in [2.45, 2.75) is 52.9 Å². The summed E-state index contributed by atoms with van der Waals surface area (Å²) in [5.41, 5.74) is 4.12. The lowest BCUT2D eigenvalue weighted by Crippen LogP contribution is -2.39. The van der Waals surface area contributed by atoms with Gasteiger partial charge in [0, 0.05) is 19.5 Å². The van der Waals surface area contributed by atoms with E-state index in [-0.39, 0.29) is 5.91 Å². The standard InChI is InChI=1S/C21H28N2O2/c1-4-19-20(16(3)22-25-19)21(24)23-13-11-18(12-14-23)10-9-17-7-5-15(2)6-8-17/h5-8,18H,4,9-14H2,1-3H3. The van der Waals surface area contributed by atoms with Crippen LogP contribution in [0.15, 0.2) is 28.8 Å². The molecule has 1 fully saturated rings. The van der Waals surface area contributed by atoms with Crippen LogP contribution in [0.1, 0.15) is 59.1 Å². The average molecular weight is 340 g/mol. The third-order valence-electron chi connectivity index (χ3n) is 5.33. The number of amides is 1. The van der Waals surface area contributed by atoms with Gasteiger partial charge in [-0.3, -0.25) is 4.79 Å². The minimum Gasteiger partial charge on any atom is -0.360 e. The smallest absolute Gasteiger partial charge is 0.259 e. The van der Waals surface area contributed by atoms with Crippen LogP contribution in [0.4, 0.5) is 0 Å². The first kappa shape index (κ1) is 17.7. The maximum absolute atomic E-state index is 12.8. The van der Waals surface area contributed by atoms with E-state index in [0.717, 1.165) is 32.4 Å². The van der Waals surface area contributed by atoms with Crippen molar-refractivity contribution >= 4 is 5.91 Å². The zero-order valence-corrected chi connectivity index (χ0v) is 15.5. The summed E-state index contributed by atoms with van der Waals surface area (Å²) in [5.74, 6) is 1.51. The van der Waals surface area contributed by atoms with E-state index in [1.54, 1.807) is 0 Å². The fourth-order valence-electron chi connectivity index (χ4n) is 3.64. The Morgan fingerprint density at radius 1 is 1.20 bits per heavy atom. The van der Waals surface area contributed by atoms with Crippen molar-refractivity contribution in [2.24, 2.45) is 5.92 Å². The Bertz CT molecular complexity index is 710. The number of nitrogens with zero attached hydrogens (tertiary/aromatic N) is 2. The maximum Gasteiger partial charge on any atom is 0.259 e. The Kier molecular flexibility index (Phi) is 5.57. The molecule has 1 aliphatic heterocycles. The highest BCUT2D eigenvalue weighted by Crippen LogP contribution is 2.25. The highest BCUT2D eigenvalue weighted by Gasteiger charge is 2.28. The molecular formula is C21H28N2O2. The molecule has 2 heterocycles. The zero-order chi connectivity index (χ0) is 17.8. The Balaban J connectivity index is 1.52. The lowest BCUT2D eigenvalue weighted by atomic mass is 9.90. The maximum atomic E-state index is 12.8. The quantitative estimate of drug-likeness (QED) is 0.813. The van der Waals surface area contributed by atoms with Crippen LogP contribution in [0.25, 0.3) is 0 Å². The van der Waals surface area contributed by atoms with E-state index >= 15 is 0 Å². The highest BCUT2D eigenvalue weighted by molar-refractivity contribution is 5.96. The molecule has 0 unspecified atom stereocenters. The monoisotopic (exact) mass is 340 g/mol. The second kappa shape index (κ2) is 7.85. The van der Waals surface area contributed by atoms with Gasteiger partial charge in [-0.2, -0.15) is 0 Å². The number of rotatable bonds is 5. The van der Waals surface area contributed by atoms with E-state index in [1.165, 1.54) is 17.5 Å². The SMILES string of the molecule is CCc1onc(C)c1C(=O)N1CCC(CCc2ccc(C)cc2)CC1. The van der Waals surface area contributed by atoms with Gasteiger partial charge in [-0.1, -0.05) is 41.9 Å². The van der Waals surface area contributed by atoms with Gasteiger partial charge in [-0.25, -0.2) is 0 Å². The fraction of sp³-hybridized carbons (Fsp3) is 0.524. The first-order valence-electron chi connectivity index (χ1n) is 9.38. The molecule has 0 N–H and O–H groups in total. The zero-order valence-electron chi connectivity index (χ0n) is 15.5. The molecule has 1 aliphatic rings. The molecule has 25 heavy (non-hydrogen) atoms. The lowest BCUT2D eigenvalue weighted by molar-refractivity contribution is 0.0684. The minimum absolute atomic E-state index is 0.0904. The topological polar surface area (TPSA) is 46.3 Å². The Morgan fingerprint density at radius 3 is 2.52 bits per heavy atom. The number of piperidine rings is 1. The molecule has 1 saturated heterocycles. The van der Waals surface area contributed by atoms with Crippen LogP contribution in [0, 0.1) is 19.8 Å². The van der Waals surface area contributed by atoms with E-state index in [4.69, 9.17) is 4.52 Å². The normalized spacial score (nSPS) is 15.6. The number of carbonyl (C=O) groups excluding carboxylic acids is 1. The van der Waals surface area contributed by atoms with E-state index in [9.17, 15) is 4.79 Å². The van der Waals surface area contributed by atoms with Crippen molar-refractivity contribution in [3.05, 3.63) is 52.4 Å². The Morgan fingerprint density at radius 2 is 1.88 bits per heavy atom. The van der Waals surface area contributed by atoms with Crippen molar-refractivity contribution in [2.75, 3.05) is 13.1 Å². The van der Waals surface area contributed by atoms with Gasteiger partial charge in [0.15, 0.2) is 0 Å². The predicted molar refractivity (Wildman–Crippen MR) is 98.7 cm³/mol. The summed E-state index contributed by atoms with van der Waals surface area (Å²) in [5, 5.41) is 3.96. The van der Waals surface area contributed by atoms with E-state index in [2.05, 4.69) is 36.3 Å². The molecule has 0 atom stereocenters. The van der Waals surface area contributed by atoms with Crippen molar-refractivity contribution < 1.29 is 9.32 Å². The van der Waals surface area contributed by atoms with Crippen molar-refractivity contribution in [1.29, 1.82) is 0 Å². The molecule has 134 valence electrons. The van der Waals surface area contributed by atoms with Crippen LogP contribution in [-0.4, -0.2) is 29.1 Å². The van der Waals surface area contributed by atoms with Crippen LogP contribution < -0.4 is 0 Å². The molecule has 1 aromatic carbocycles. The van der Waals surface area contributed by atoms with E-state index in [0.29, 0.717) is 29.4 Å².